The summed E-state index contributed by atoms with van der Waals surface area (Å²) < 4.78 is 13.5. The maximum atomic E-state index is 13.5. The van der Waals surface area contributed by atoms with Gasteiger partial charge in [-0.2, -0.15) is 0 Å². The number of hydrogen-bond acceptors (Lipinski definition) is 2. The Balaban J connectivity index is 2.51. The first kappa shape index (κ1) is 9.96. The Morgan fingerprint density at radius 3 is 2.53 bits per heavy atom. The normalized spacial score (nSPS) is 18.2. The van der Waals surface area contributed by atoms with E-state index in [9.17, 15) is 14.3 Å². The summed E-state index contributed by atoms with van der Waals surface area (Å²) in [6.07, 6.45) is 1.65. The summed E-state index contributed by atoms with van der Waals surface area (Å²) in [5, 5.41) is 18.3. The second kappa shape index (κ2) is 3.22. The second-order valence-electron chi connectivity index (χ2n) is 3.90. The Bertz CT molecular complexity index is 410. The number of carboxylic acids is 1. The minimum Gasteiger partial charge on any atom is -0.508 e. The van der Waals surface area contributed by atoms with Gasteiger partial charge in [-0.3, -0.25) is 4.79 Å². The van der Waals surface area contributed by atoms with Crippen molar-refractivity contribution in [2.75, 3.05) is 0 Å². The summed E-state index contributed by atoms with van der Waals surface area (Å²) in [4.78, 5) is 11.1. The van der Waals surface area contributed by atoms with Gasteiger partial charge in [0.2, 0.25) is 0 Å². The molecule has 1 aromatic carbocycles. The van der Waals surface area contributed by atoms with Crippen LogP contribution in [0.5, 0.6) is 5.75 Å². The molecule has 0 unspecified atom stereocenters. The Kier molecular flexibility index (Phi) is 2.14. The van der Waals surface area contributed by atoms with Crippen molar-refractivity contribution in [2.45, 2.75) is 24.7 Å². The molecule has 0 saturated heterocycles. The van der Waals surface area contributed by atoms with Crippen LogP contribution in [0.1, 0.15) is 24.8 Å². The van der Waals surface area contributed by atoms with Gasteiger partial charge < -0.3 is 10.2 Å². The number of carbonyl (C=O) groups is 1. The molecule has 0 atom stereocenters. The van der Waals surface area contributed by atoms with E-state index >= 15 is 0 Å². The molecule has 0 heterocycles. The van der Waals surface area contributed by atoms with Crippen LogP contribution in [-0.2, 0) is 10.2 Å². The van der Waals surface area contributed by atoms with Gasteiger partial charge in [-0.1, -0.05) is 6.42 Å². The van der Waals surface area contributed by atoms with E-state index in [0.717, 1.165) is 12.5 Å². The third-order valence-corrected chi connectivity index (χ3v) is 3.08. The van der Waals surface area contributed by atoms with Crippen LogP contribution in [0.15, 0.2) is 18.2 Å². The highest BCUT2D eigenvalue weighted by atomic mass is 19.1. The average molecular weight is 210 g/mol. The molecule has 0 spiro atoms. The maximum Gasteiger partial charge on any atom is 0.314 e. The number of aromatic hydroxyl groups is 1. The number of hydrogen-bond donors (Lipinski definition) is 2. The van der Waals surface area contributed by atoms with Gasteiger partial charge in [0.05, 0.1) is 5.41 Å². The summed E-state index contributed by atoms with van der Waals surface area (Å²) in [5.74, 6) is -1.67. The van der Waals surface area contributed by atoms with Crippen molar-refractivity contribution >= 4 is 5.97 Å². The molecule has 15 heavy (non-hydrogen) atoms. The summed E-state index contributed by atoms with van der Waals surface area (Å²) >= 11 is 0. The molecule has 1 fully saturated rings. The molecule has 0 aliphatic heterocycles. The van der Waals surface area contributed by atoms with Crippen molar-refractivity contribution in [3.63, 3.8) is 0 Å². The SMILES string of the molecule is O=C(O)C1(c2cc(O)ccc2F)CCC1. The Morgan fingerprint density at radius 1 is 1.40 bits per heavy atom. The largest absolute Gasteiger partial charge is 0.508 e. The van der Waals surface area contributed by atoms with E-state index in [2.05, 4.69) is 0 Å². The highest BCUT2D eigenvalue weighted by molar-refractivity contribution is 5.82. The standard InChI is InChI=1S/C11H11FO3/c12-9-3-2-7(13)6-8(9)11(10(14)15)4-1-5-11/h2-3,6,13H,1,4-5H2,(H,14,15). The van der Waals surface area contributed by atoms with E-state index in [1.807, 2.05) is 0 Å². The lowest BCUT2D eigenvalue weighted by molar-refractivity contribution is -0.147. The number of carboxylic acid groups (broad SMARTS) is 1. The first-order chi connectivity index (χ1) is 7.06. The highest BCUT2D eigenvalue weighted by Gasteiger charge is 2.47. The number of phenols is 1. The molecule has 1 aliphatic carbocycles. The van der Waals surface area contributed by atoms with Gasteiger partial charge in [0.1, 0.15) is 11.6 Å². The van der Waals surface area contributed by atoms with Gasteiger partial charge in [0.25, 0.3) is 0 Å². The topological polar surface area (TPSA) is 57.5 Å². The van der Waals surface area contributed by atoms with E-state index in [-0.39, 0.29) is 11.3 Å². The maximum absolute atomic E-state index is 13.5. The van der Waals surface area contributed by atoms with Gasteiger partial charge in [-0.05, 0) is 31.0 Å². The van der Waals surface area contributed by atoms with Crippen LogP contribution in [0, 0.1) is 5.82 Å². The summed E-state index contributed by atoms with van der Waals surface area (Å²) in [5.41, 5.74) is -1.02. The molecule has 2 N–H and O–H groups in total. The molecule has 80 valence electrons. The molecular formula is C11H11FO3. The fourth-order valence-corrected chi connectivity index (χ4v) is 2.01. The Labute approximate surface area is 86.2 Å². The minimum absolute atomic E-state index is 0.0982. The van der Waals surface area contributed by atoms with Crippen molar-refractivity contribution in [2.24, 2.45) is 0 Å². The lowest BCUT2D eigenvalue weighted by atomic mass is 9.64. The van der Waals surface area contributed by atoms with Crippen molar-refractivity contribution in [1.82, 2.24) is 0 Å². The van der Waals surface area contributed by atoms with Crippen molar-refractivity contribution in [1.29, 1.82) is 0 Å². The number of halogens is 1. The third kappa shape index (κ3) is 1.37. The molecule has 2 rings (SSSR count). The van der Waals surface area contributed by atoms with Crippen molar-refractivity contribution < 1.29 is 19.4 Å². The zero-order chi connectivity index (χ0) is 11.1. The highest BCUT2D eigenvalue weighted by Crippen LogP contribution is 2.45. The molecule has 0 amide bonds. The number of aliphatic carboxylic acids is 1. The second-order valence-corrected chi connectivity index (χ2v) is 3.90. The zero-order valence-electron chi connectivity index (χ0n) is 8.03. The molecule has 1 saturated carbocycles. The van der Waals surface area contributed by atoms with Gasteiger partial charge >= 0.3 is 5.97 Å². The van der Waals surface area contributed by atoms with Crippen LogP contribution in [0.3, 0.4) is 0 Å². The van der Waals surface area contributed by atoms with E-state index in [1.165, 1.54) is 12.1 Å². The van der Waals surface area contributed by atoms with Crippen LogP contribution in [0.4, 0.5) is 4.39 Å². The van der Waals surface area contributed by atoms with Gasteiger partial charge in [-0.15, -0.1) is 0 Å². The molecule has 1 aromatic rings. The predicted molar refractivity (Wildman–Crippen MR) is 51.2 cm³/mol. The summed E-state index contributed by atoms with van der Waals surface area (Å²) in [6.45, 7) is 0. The molecule has 1 aliphatic rings. The third-order valence-electron chi connectivity index (χ3n) is 3.08. The lowest BCUT2D eigenvalue weighted by Crippen LogP contribution is -2.43. The van der Waals surface area contributed by atoms with Crippen LogP contribution in [0.25, 0.3) is 0 Å². The van der Waals surface area contributed by atoms with E-state index < -0.39 is 17.2 Å². The van der Waals surface area contributed by atoms with Crippen LogP contribution >= 0.6 is 0 Å². The zero-order valence-corrected chi connectivity index (χ0v) is 8.03. The van der Waals surface area contributed by atoms with Crippen LogP contribution in [-0.4, -0.2) is 16.2 Å². The fraction of sp³-hybridized carbons (Fsp3) is 0.364. The summed E-state index contributed by atoms with van der Waals surface area (Å²) in [6, 6.07) is 3.53. The molecule has 0 bridgehead atoms. The number of phenolic OH excluding ortho intramolecular Hbond substituents is 1. The first-order valence-corrected chi connectivity index (χ1v) is 4.79. The van der Waals surface area contributed by atoms with E-state index in [0.29, 0.717) is 12.8 Å². The quantitative estimate of drug-likeness (QED) is 0.785. The smallest absolute Gasteiger partial charge is 0.314 e. The van der Waals surface area contributed by atoms with Crippen LogP contribution in [0.2, 0.25) is 0 Å². The summed E-state index contributed by atoms with van der Waals surface area (Å²) in [7, 11) is 0. The number of benzene rings is 1. The van der Waals surface area contributed by atoms with Crippen molar-refractivity contribution in [3.8, 4) is 5.75 Å². The monoisotopic (exact) mass is 210 g/mol. The van der Waals surface area contributed by atoms with Gasteiger partial charge in [-0.25, -0.2) is 4.39 Å². The van der Waals surface area contributed by atoms with E-state index in [1.54, 1.807) is 0 Å². The molecule has 4 heteroatoms. The van der Waals surface area contributed by atoms with Gasteiger partial charge in [0.15, 0.2) is 0 Å². The molecular weight excluding hydrogens is 199 g/mol. The Morgan fingerprint density at radius 2 is 2.07 bits per heavy atom. The first-order valence-electron chi connectivity index (χ1n) is 4.79. The Hall–Kier alpha value is -1.58. The van der Waals surface area contributed by atoms with Gasteiger partial charge in [0, 0.05) is 5.56 Å². The number of rotatable bonds is 2. The molecule has 0 aromatic heterocycles. The fourth-order valence-electron chi connectivity index (χ4n) is 2.01. The van der Waals surface area contributed by atoms with Crippen molar-refractivity contribution in [3.05, 3.63) is 29.6 Å². The minimum atomic E-state index is -1.12. The van der Waals surface area contributed by atoms with E-state index in [4.69, 9.17) is 5.11 Å². The average Bonchev–Trinajstić information content (AvgIpc) is 2.08. The lowest BCUT2D eigenvalue weighted by Gasteiger charge is -2.38. The van der Waals surface area contributed by atoms with Crippen LogP contribution < -0.4 is 0 Å². The molecule has 3 nitrogen and oxygen atoms in total. The predicted octanol–water partition coefficient (Wildman–Crippen LogP) is 2.04. The molecule has 0 radical (unpaired) electrons.